The van der Waals surface area contributed by atoms with Crippen molar-refractivity contribution in [2.24, 2.45) is 5.73 Å². The highest BCUT2D eigenvalue weighted by atomic mass is 79.9. The highest BCUT2D eigenvalue weighted by molar-refractivity contribution is 9.10. The molecule has 0 amide bonds. The van der Waals surface area contributed by atoms with Gasteiger partial charge in [0.05, 0.1) is 11.6 Å². The van der Waals surface area contributed by atoms with E-state index in [0.29, 0.717) is 11.6 Å². The smallest absolute Gasteiger partial charge is 0.165 e. The molecule has 1 aromatic carbocycles. The normalized spacial score (nSPS) is 11.2. The quantitative estimate of drug-likeness (QED) is 0.939. The molecule has 96 valence electrons. The van der Waals surface area contributed by atoms with Gasteiger partial charge in [-0.05, 0) is 41.9 Å². The summed E-state index contributed by atoms with van der Waals surface area (Å²) in [5.41, 5.74) is 6.54. The highest BCUT2D eigenvalue weighted by Crippen LogP contribution is 2.33. The molecule has 18 heavy (non-hydrogen) atoms. The molecule has 2 rings (SSSR count). The van der Waals surface area contributed by atoms with Crippen LogP contribution in [-0.2, 0) is 6.54 Å². The molecule has 6 heteroatoms. The Kier molecular flexibility index (Phi) is 4.04. The largest absolute Gasteiger partial charge is 0.324 e. The Hall–Kier alpha value is -0.910. The molecule has 0 unspecified atom stereocenters. The van der Waals surface area contributed by atoms with Gasteiger partial charge in [-0.25, -0.2) is 0 Å². The number of nitrogens with zero attached hydrogens (tertiary/aromatic N) is 3. The van der Waals surface area contributed by atoms with E-state index in [-0.39, 0.29) is 6.04 Å². The minimum atomic E-state index is 0.226. The second-order valence-corrected chi connectivity index (χ2v) is 5.44. The van der Waals surface area contributed by atoms with Gasteiger partial charge in [-0.3, -0.25) is 0 Å². The highest BCUT2D eigenvalue weighted by Gasteiger charge is 2.18. The third kappa shape index (κ3) is 2.30. The van der Waals surface area contributed by atoms with E-state index in [0.717, 1.165) is 21.7 Å². The summed E-state index contributed by atoms with van der Waals surface area (Å²) >= 11 is 9.71. The molecule has 1 heterocycles. The molecule has 0 aliphatic heterocycles. The van der Waals surface area contributed by atoms with Gasteiger partial charge in [0.15, 0.2) is 5.82 Å². The zero-order valence-corrected chi connectivity index (χ0v) is 12.5. The lowest BCUT2D eigenvalue weighted by atomic mass is 10.2. The monoisotopic (exact) mass is 328 g/mol. The molecule has 4 nitrogen and oxygen atoms in total. The second kappa shape index (κ2) is 5.38. The van der Waals surface area contributed by atoms with Crippen molar-refractivity contribution in [3.8, 4) is 11.4 Å². The van der Waals surface area contributed by atoms with E-state index in [1.165, 1.54) is 0 Å². The lowest BCUT2D eigenvalue weighted by molar-refractivity contribution is 0.574. The van der Waals surface area contributed by atoms with E-state index in [1.807, 2.05) is 22.8 Å². The summed E-state index contributed by atoms with van der Waals surface area (Å²) in [6, 6.07) is 5.97. The first-order valence-corrected chi connectivity index (χ1v) is 6.81. The fourth-order valence-electron chi connectivity index (χ4n) is 1.87. The Morgan fingerprint density at radius 1 is 1.39 bits per heavy atom. The number of hydrogen-bond acceptors (Lipinski definition) is 3. The van der Waals surface area contributed by atoms with Crippen molar-refractivity contribution in [2.45, 2.75) is 26.4 Å². The van der Waals surface area contributed by atoms with Crippen LogP contribution in [-0.4, -0.2) is 14.8 Å². The zero-order valence-electron chi connectivity index (χ0n) is 10.2. The van der Waals surface area contributed by atoms with Crippen LogP contribution in [0.2, 0.25) is 5.02 Å². The van der Waals surface area contributed by atoms with Crippen molar-refractivity contribution < 1.29 is 0 Å². The van der Waals surface area contributed by atoms with E-state index in [2.05, 4.69) is 40.0 Å². The first-order chi connectivity index (χ1) is 8.56. The number of hydrogen-bond donors (Lipinski definition) is 1. The molecule has 0 aliphatic carbocycles. The molecule has 0 radical (unpaired) electrons. The first-order valence-electron chi connectivity index (χ1n) is 5.64. The lowest BCUT2D eigenvalue weighted by Gasteiger charge is -2.14. The maximum Gasteiger partial charge on any atom is 0.165 e. The van der Waals surface area contributed by atoms with Crippen molar-refractivity contribution in [1.82, 2.24) is 14.8 Å². The summed E-state index contributed by atoms with van der Waals surface area (Å²) < 4.78 is 2.85. The van der Waals surface area contributed by atoms with Crippen LogP contribution < -0.4 is 5.73 Å². The van der Waals surface area contributed by atoms with E-state index < -0.39 is 0 Å². The summed E-state index contributed by atoms with van der Waals surface area (Å²) in [6.45, 7) is 4.49. The molecule has 0 bridgehead atoms. The predicted octanol–water partition coefficient (Wildman–Crippen LogP) is 3.40. The minimum absolute atomic E-state index is 0.226. The number of nitrogens with two attached hydrogens (primary N) is 1. The molecular formula is C12H14BrClN4. The third-order valence-corrected chi connectivity index (χ3v) is 3.95. The third-order valence-electron chi connectivity index (χ3n) is 2.66. The van der Waals surface area contributed by atoms with Crippen LogP contribution in [0.3, 0.4) is 0 Å². The number of benzene rings is 1. The van der Waals surface area contributed by atoms with Gasteiger partial charge in [0.2, 0.25) is 0 Å². The Morgan fingerprint density at radius 2 is 2.11 bits per heavy atom. The van der Waals surface area contributed by atoms with Gasteiger partial charge < -0.3 is 10.3 Å². The van der Waals surface area contributed by atoms with E-state index in [9.17, 15) is 0 Å². The Balaban J connectivity index is 2.64. The lowest BCUT2D eigenvalue weighted by Crippen LogP contribution is -2.11. The summed E-state index contributed by atoms with van der Waals surface area (Å²) in [5.74, 6) is 1.51. The van der Waals surface area contributed by atoms with Crippen molar-refractivity contribution >= 4 is 27.5 Å². The molecular weight excluding hydrogens is 316 g/mol. The topological polar surface area (TPSA) is 56.7 Å². The maximum absolute atomic E-state index is 6.30. The van der Waals surface area contributed by atoms with Crippen LogP contribution in [0.5, 0.6) is 0 Å². The SMILES string of the molecule is CC(C)n1c(CN)nnc1-c1cccc(Br)c1Cl. The van der Waals surface area contributed by atoms with E-state index in [1.54, 1.807) is 0 Å². The Bertz CT molecular complexity index is 565. The summed E-state index contributed by atoms with van der Waals surface area (Å²) in [7, 11) is 0. The molecule has 0 spiro atoms. The zero-order chi connectivity index (χ0) is 13.3. The fourth-order valence-corrected chi connectivity index (χ4v) is 2.44. The second-order valence-electron chi connectivity index (χ2n) is 4.21. The van der Waals surface area contributed by atoms with Gasteiger partial charge in [-0.15, -0.1) is 10.2 Å². The van der Waals surface area contributed by atoms with Crippen molar-refractivity contribution in [2.75, 3.05) is 0 Å². The van der Waals surface area contributed by atoms with Gasteiger partial charge in [0.1, 0.15) is 5.82 Å². The van der Waals surface area contributed by atoms with Gasteiger partial charge in [0.25, 0.3) is 0 Å². The predicted molar refractivity (Wildman–Crippen MR) is 76.4 cm³/mol. The van der Waals surface area contributed by atoms with Gasteiger partial charge in [-0.1, -0.05) is 17.7 Å². The van der Waals surface area contributed by atoms with Gasteiger partial charge >= 0.3 is 0 Å². The van der Waals surface area contributed by atoms with Crippen LogP contribution in [0.25, 0.3) is 11.4 Å². The molecule has 0 saturated carbocycles. The number of rotatable bonds is 3. The molecule has 0 aliphatic rings. The van der Waals surface area contributed by atoms with Crippen LogP contribution in [0.1, 0.15) is 25.7 Å². The van der Waals surface area contributed by atoms with E-state index >= 15 is 0 Å². The van der Waals surface area contributed by atoms with Crippen LogP contribution >= 0.6 is 27.5 Å². The van der Waals surface area contributed by atoms with Crippen LogP contribution in [0.15, 0.2) is 22.7 Å². The molecule has 2 aromatic rings. The number of halogens is 2. The van der Waals surface area contributed by atoms with Crippen LogP contribution in [0.4, 0.5) is 0 Å². The van der Waals surface area contributed by atoms with Gasteiger partial charge in [-0.2, -0.15) is 0 Å². The minimum Gasteiger partial charge on any atom is -0.324 e. The van der Waals surface area contributed by atoms with Crippen molar-refractivity contribution in [3.05, 3.63) is 33.5 Å². The van der Waals surface area contributed by atoms with Gasteiger partial charge in [0, 0.05) is 16.1 Å². The van der Waals surface area contributed by atoms with E-state index in [4.69, 9.17) is 17.3 Å². The average Bonchev–Trinajstić information content (AvgIpc) is 2.76. The summed E-state index contributed by atoms with van der Waals surface area (Å²) in [6.07, 6.45) is 0. The summed E-state index contributed by atoms with van der Waals surface area (Å²) in [4.78, 5) is 0. The van der Waals surface area contributed by atoms with Crippen molar-refractivity contribution in [1.29, 1.82) is 0 Å². The summed E-state index contributed by atoms with van der Waals surface area (Å²) in [5, 5.41) is 8.96. The van der Waals surface area contributed by atoms with Crippen LogP contribution in [0, 0.1) is 0 Å². The number of aromatic nitrogens is 3. The molecule has 0 fully saturated rings. The Morgan fingerprint density at radius 3 is 2.72 bits per heavy atom. The first kappa shape index (κ1) is 13.5. The molecule has 1 aromatic heterocycles. The maximum atomic E-state index is 6.30. The Labute approximate surface area is 119 Å². The average molecular weight is 330 g/mol. The molecule has 0 atom stereocenters. The van der Waals surface area contributed by atoms with Crippen molar-refractivity contribution in [3.63, 3.8) is 0 Å². The molecule has 0 saturated heterocycles. The fraction of sp³-hybridized carbons (Fsp3) is 0.333. The standard InChI is InChI=1S/C12H14BrClN4/c1-7(2)18-10(6-15)16-17-12(18)8-4-3-5-9(13)11(8)14/h3-5,7H,6,15H2,1-2H3. The molecule has 2 N–H and O–H groups in total.